The van der Waals surface area contributed by atoms with E-state index in [2.05, 4.69) is 0 Å². The van der Waals surface area contributed by atoms with Gasteiger partial charge in [-0.1, -0.05) is 91.0 Å². The molecule has 2 nitrogen and oxygen atoms in total. The maximum absolute atomic E-state index is 15.9. The van der Waals surface area contributed by atoms with Gasteiger partial charge in [0.1, 0.15) is 6.04 Å². The van der Waals surface area contributed by atoms with Crippen LogP contribution in [-0.4, -0.2) is 10.8 Å². The van der Waals surface area contributed by atoms with Crippen LogP contribution in [0.1, 0.15) is 22.7 Å². The van der Waals surface area contributed by atoms with Crippen LogP contribution in [0.4, 0.5) is 4.39 Å². The number of alkyl halides is 1. The lowest BCUT2D eigenvalue weighted by Crippen LogP contribution is -2.63. The molecule has 0 radical (unpaired) electrons. The fourth-order valence-electron chi connectivity index (χ4n) is 3.54. The normalized spacial score (nSPS) is 22.5. The summed E-state index contributed by atoms with van der Waals surface area (Å²) < 4.78 is 15.9. The van der Waals surface area contributed by atoms with E-state index < -0.39 is 17.6 Å². The maximum Gasteiger partial charge on any atom is 0.268 e. The predicted octanol–water partition coefficient (Wildman–Crippen LogP) is 4.64. The van der Waals surface area contributed by atoms with Crippen LogP contribution >= 0.6 is 0 Å². The van der Waals surface area contributed by atoms with Crippen LogP contribution in [0.15, 0.2) is 91.0 Å². The average Bonchev–Trinajstić information content (AvgIpc) is 2.69. The molecule has 0 bridgehead atoms. The van der Waals surface area contributed by atoms with E-state index in [-0.39, 0.29) is 0 Å². The van der Waals surface area contributed by atoms with Crippen molar-refractivity contribution in [3.63, 3.8) is 0 Å². The van der Waals surface area contributed by atoms with Gasteiger partial charge in [0.05, 0.1) is 0 Å². The van der Waals surface area contributed by atoms with E-state index in [1.807, 2.05) is 66.7 Å². The first-order valence-corrected chi connectivity index (χ1v) is 8.35. The molecule has 4 rings (SSSR count). The average molecular weight is 331 g/mol. The summed E-state index contributed by atoms with van der Waals surface area (Å²) in [4.78, 5) is 14.4. The highest BCUT2D eigenvalue weighted by atomic mass is 19.1. The molecule has 1 aliphatic heterocycles. The number of β-lactam (4-membered cyclic amide) rings is 1. The fourth-order valence-corrected chi connectivity index (χ4v) is 3.54. The minimum absolute atomic E-state index is 0.401. The molecule has 3 aromatic carbocycles. The Morgan fingerprint density at radius 1 is 0.800 bits per heavy atom. The smallest absolute Gasteiger partial charge is 0.268 e. The Labute approximate surface area is 146 Å². The third-order valence-corrected chi connectivity index (χ3v) is 4.77. The van der Waals surface area contributed by atoms with Crippen LogP contribution < -0.4 is 0 Å². The summed E-state index contributed by atoms with van der Waals surface area (Å²) in [6, 6.07) is 27.2. The highest BCUT2D eigenvalue weighted by Crippen LogP contribution is 2.53. The second-order valence-corrected chi connectivity index (χ2v) is 6.31. The Bertz CT molecular complexity index is 866. The van der Waals surface area contributed by atoms with Crippen molar-refractivity contribution < 1.29 is 9.18 Å². The van der Waals surface area contributed by atoms with Crippen LogP contribution in [0.5, 0.6) is 0 Å². The van der Waals surface area contributed by atoms with E-state index in [9.17, 15) is 4.79 Å². The number of amides is 1. The lowest BCUT2D eigenvalue weighted by molar-refractivity contribution is -0.181. The second kappa shape index (κ2) is 6.17. The van der Waals surface area contributed by atoms with E-state index in [1.165, 1.54) is 0 Å². The number of hydrogen-bond donors (Lipinski definition) is 0. The summed E-state index contributed by atoms with van der Waals surface area (Å²) in [6.07, 6.45) is 0. The molecule has 2 atom stereocenters. The molecular weight excluding hydrogens is 313 g/mol. The summed E-state index contributed by atoms with van der Waals surface area (Å²) in [5, 5.41) is 0. The van der Waals surface area contributed by atoms with Crippen molar-refractivity contribution in [1.82, 2.24) is 4.90 Å². The monoisotopic (exact) mass is 331 g/mol. The lowest BCUT2D eigenvalue weighted by atomic mass is 9.74. The molecule has 25 heavy (non-hydrogen) atoms. The molecule has 0 aromatic heterocycles. The van der Waals surface area contributed by atoms with E-state index in [1.54, 1.807) is 29.2 Å². The lowest BCUT2D eigenvalue weighted by Gasteiger charge is -2.51. The van der Waals surface area contributed by atoms with Gasteiger partial charge in [0, 0.05) is 12.1 Å². The Morgan fingerprint density at radius 2 is 1.32 bits per heavy atom. The van der Waals surface area contributed by atoms with Crippen molar-refractivity contribution in [2.24, 2.45) is 0 Å². The first-order chi connectivity index (χ1) is 12.2. The number of halogens is 1. The van der Waals surface area contributed by atoms with Gasteiger partial charge in [0.25, 0.3) is 5.91 Å². The molecule has 1 fully saturated rings. The minimum Gasteiger partial charge on any atom is -0.324 e. The molecule has 0 N–H and O–H groups in total. The molecule has 3 heteroatoms. The van der Waals surface area contributed by atoms with Crippen LogP contribution in [0, 0.1) is 0 Å². The van der Waals surface area contributed by atoms with Crippen LogP contribution in [0.2, 0.25) is 0 Å². The SMILES string of the molecule is O=C1N(Cc2ccccc2)[C@H](c2ccccc2)[C@@]1(F)c1ccccc1. The second-order valence-electron chi connectivity index (χ2n) is 6.31. The van der Waals surface area contributed by atoms with Gasteiger partial charge < -0.3 is 4.90 Å². The third-order valence-electron chi connectivity index (χ3n) is 4.77. The van der Waals surface area contributed by atoms with Crippen LogP contribution in [0.25, 0.3) is 0 Å². The molecule has 1 heterocycles. The largest absolute Gasteiger partial charge is 0.324 e. The molecule has 1 amide bonds. The number of benzene rings is 3. The Balaban J connectivity index is 1.75. The van der Waals surface area contributed by atoms with Crippen LogP contribution in [-0.2, 0) is 17.0 Å². The summed E-state index contributed by atoms with van der Waals surface area (Å²) in [5.74, 6) is -0.476. The molecule has 1 saturated heterocycles. The zero-order chi connectivity index (χ0) is 17.3. The summed E-state index contributed by atoms with van der Waals surface area (Å²) in [6.45, 7) is 0.401. The number of rotatable bonds is 4. The molecule has 0 aliphatic carbocycles. The quantitative estimate of drug-likeness (QED) is 0.638. The molecule has 124 valence electrons. The Morgan fingerprint density at radius 3 is 1.92 bits per heavy atom. The first kappa shape index (κ1) is 15.6. The van der Waals surface area contributed by atoms with Crippen molar-refractivity contribution >= 4 is 5.91 Å². The van der Waals surface area contributed by atoms with Crippen molar-refractivity contribution in [1.29, 1.82) is 0 Å². The molecular formula is C22H18FNO. The maximum atomic E-state index is 15.9. The fraction of sp³-hybridized carbons (Fsp3) is 0.136. The highest BCUT2D eigenvalue weighted by molar-refractivity contribution is 5.94. The van der Waals surface area contributed by atoms with Gasteiger partial charge in [-0.05, 0) is 11.1 Å². The Kier molecular flexibility index (Phi) is 3.85. The highest BCUT2D eigenvalue weighted by Gasteiger charge is 2.63. The third kappa shape index (κ3) is 2.52. The number of hydrogen-bond acceptors (Lipinski definition) is 1. The van der Waals surface area contributed by atoms with Crippen molar-refractivity contribution in [2.45, 2.75) is 18.3 Å². The van der Waals surface area contributed by atoms with Gasteiger partial charge in [-0.15, -0.1) is 0 Å². The van der Waals surface area contributed by atoms with Crippen molar-refractivity contribution in [2.75, 3.05) is 0 Å². The number of carbonyl (C=O) groups excluding carboxylic acids is 1. The standard InChI is InChI=1S/C22H18FNO/c23-22(19-14-8-3-9-15-19)20(18-12-6-2-7-13-18)24(21(22)25)16-17-10-4-1-5-11-17/h1-15,20H,16H2/t20-,22+/m1/s1. The van der Waals surface area contributed by atoms with E-state index in [4.69, 9.17) is 0 Å². The molecule has 0 saturated carbocycles. The van der Waals surface area contributed by atoms with Gasteiger partial charge in [0.15, 0.2) is 0 Å². The van der Waals surface area contributed by atoms with Gasteiger partial charge in [-0.25, -0.2) is 4.39 Å². The van der Waals surface area contributed by atoms with Crippen molar-refractivity contribution in [3.8, 4) is 0 Å². The zero-order valence-corrected chi connectivity index (χ0v) is 13.7. The molecule has 0 spiro atoms. The summed E-state index contributed by atoms with van der Waals surface area (Å²) in [7, 11) is 0. The van der Waals surface area contributed by atoms with Crippen LogP contribution in [0.3, 0.4) is 0 Å². The molecule has 3 aromatic rings. The van der Waals surface area contributed by atoms with Gasteiger partial charge in [0.2, 0.25) is 5.67 Å². The number of carbonyl (C=O) groups is 1. The summed E-state index contributed by atoms with van der Waals surface area (Å²) >= 11 is 0. The van der Waals surface area contributed by atoms with E-state index >= 15 is 4.39 Å². The van der Waals surface area contributed by atoms with Gasteiger partial charge >= 0.3 is 0 Å². The van der Waals surface area contributed by atoms with Gasteiger partial charge in [-0.2, -0.15) is 0 Å². The molecule has 1 aliphatic rings. The van der Waals surface area contributed by atoms with E-state index in [0.29, 0.717) is 12.1 Å². The minimum atomic E-state index is -2.02. The predicted molar refractivity (Wildman–Crippen MR) is 95.4 cm³/mol. The molecule has 0 unspecified atom stereocenters. The zero-order valence-electron chi connectivity index (χ0n) is 13.7. The van der Waals surface area contributed by atoms with Gasteiger partial charge in [-0.3, -0.25) is 4.79 Å². The van der Waals surface area contributed by atoms with E-state index in [0.717, 1.165) is 11.1 Å². The number of nitrogens with zero attached hydrogens (tertiary/aromatic N) is 1. The Hall–Kier alpha value is -2.94. The van der Waals surface area contributed by atoms with Crippen molar-refractivity contribution in [3.05, 3.63) is 108 Å². The number of likely N-dealkylation sites (tertiary alicyclic amines) is 1. The first-order valence-electron chi connectivity index (χ1n) is 8.35. The topological polar surface area (TPSA) is 20.3 Å². The summed E-state index contributed by atoms with van der Waals surface area (Å²) in [5.41, 5.74) is 0.201.